The van der Waals surface area contributed by atoms with Crippen molar-refractivity contribution < 1.29 is 97.2 Å². The SMILES string of the molecule is Fc1c(F)c(F)c([B-](c2c(F)c(F)c(F)c(F)c2F)(c2c(F)c(F)c(F)c(F)c2F)c2c(F)c(F)c(F)c(F)c2F)c(F)c1F.O=C(c1ccc2ccccc2[n+]1Cc1ccccc1)C1CCCCC1. The van der Waals surface area contributed by atoms with E-state index in [2.05, 4.69) is 59.2 Å². The van der Waals surface area contributed by atoms with Crippen LogP contribution in [0.4, 0.5) is 87.8 Å². The van der Waals surface area contributed by atoms with Gasteiger partial charge in [0, 0.05) is 29.0 Å². The van der Waals surface area contributed by atoms with E-state index in [1.54, 1.807) is 0 Å². The van der Waals surface area contributed by atoms with Crippen molar-refractivity contribution in [2.45, 2.75) is 38.6 Å². The first-order chi connectivity index (χ1) is 33.0. The van der Waals surface area contributed by atoms with Gasteiger partial charge in [0.1, 0.15) is 52.7 Å². The zero-order valence-corrected chi connectivity index (χ0v) is 34.7. The number of hydrogen-bond acceptors (Lipinski definition) is 1. The molecule has 1 aliphatic rings. The van der Waals surface area contributed by atoms with Gasteiger partial charge >= 0.3 is 0 Å². The van der Waals surface area contributed by atoms with E-state index in [9.17, 15) is 57.5 Å². The molecule has 0 unspecified atom stereocenters. The van der Waals surface area contributed by atoms with Gasteiger partial charge in [-0.1, -0.05) is 61.7 Å². The molecule has 0 N–H and O–H groups in total. The molecule has 7 aromatic rings. The number of nitrogens with zero attached hydrogens (tertiary/aromatic N) is 1. The molecule has 0 bridgehead atoms. The predicted octanol–water partition coefficient (Wildman–Crippen LogP) is 10.8. The van der Waals surface area contributed by atoms with Gasteiger partial charge in [-0.2, -0.15) is 4.57 Å². The Morgan fingerprint density at radius 2 is 0.700 bits per heavy atom. The Kier molecular flexibility index (Phi) is 14.2. The molecule has 6 aromatic carbocycles. The van der Waals surface area contributed by atoms with E-state index >= 15 is 35.1 Å². The predicted molar refractivity (Wildman–Crippen MR) is 210 cm³/mol. The first-order valence-electron chi connectivity index (χ1n) is 20.3. The van der Waals surface area contributed by atoms with Gasteiger partial charge in [0.25, 0.3) is 0 Å². The molecule has 70 heavy (non-hydrogen) atoms. The second kappa shape index (κ2) is 19.5. The monoisotopic (exact) mass is 1010 g/mol. The van der Waals surface area contributed by atoms with Crippen LogP contribution in [0.1, 0.15) is 48.2 Å². The number of benzene rings is 6. The second-order valence-corrected chi connectivity index (χ2v) is 15.8. The lowest BCUT2D eigenvalue weighted by atomic mass is 9.12. The normalized spacial score (nSPS) is 13.2. The van der Waals surface area contributed by atoms with Crippen LogP contribution in [0, 0.1) is 122 Å². The van der Waals surface area contributed by atoms with Crippen LogP contribution in [0.2, 0.25) is 0 Å². The quantitative estimate of drug-likeness (QED) is 0.0371. The largest absolute Gasteiger partial charge is 0.287 e. The minimum absolute atomic E-state index is 0.192. The van der Waals surface area contributed by atoms with Crippen LogP contribution in [-0.4, -0.2) is 11.9 Å². The molecule has 0 amide bonds. The van der Waals surface area contributed by atoms with E-state index in [1.807, 2.05) is 12.1 Å². The van der Waals surface area contributed by atoms with Gasteiger partial charge in [0.2, 0.25) is 17.0 Å². The number of carbonyl (C=O) groups excluding carboxylic acids is 1. The van der Waals surface area contributed by atoms with Crippen molar-refractivity contribution in [2.75, 3.05) is 0 Å². The average Bonchev–Trinajstić information content (AvgIpc) is 3.36. The average molecular weight is 1010 g/mol. The van der Waals surface area contributed by atoms with E-state index in [0.717, 1.165) is 30.6 Å². The van der Waals surface area contributed by atoms with E-state index in [4.69, 9.17) is 0 Å². The molecule has 2 nitrogen and oxygen atoms in total. The van der Waals surface area contributed by atoms with Crippen molar-refractivity contribution in [3.05, 3.63) is 194 Å². The molecule has 1 fully saturated rings. The summed E-state index contributed by atoms with van der Waals surface area (Å²) in [5, 5.41) is 1.18. The third-order valence-electron chi connectivity index (χ3n) is 12.1. The number of rotatable bonds is 8. The summed E-state index contributed by atoms with van der Waals surface area (Å²) >= 11 is 0. The van der Waals surface area contributed by atoms with Gasteiger partial charge in [-0.25, -0.2) is 87.8 Å². The summed E-state index contributed by atoms with van der Waals surface area (Å²) in [5.74, 6) is -70.9. The van der Waals surface area contributed by atoms with E-state index in [0.29, 0.717) is 5.78 Å². The van der Waals surface area contributed by atoms with Crippen LogP contribution in [0.15, 0.2) is 66.7 Å². The summed E-state index contributed by atoms with van der Waals surface area (Å²) in [6.07, 6.45) is -1.50. The Bertz CT molecular complexity index is 2870. The highest BCUT2D eigenvalue weighted by atomic mass is 19.2. The number of pyridine rings is 1. The standard InChI is InChI=1S/C24BF20.C23H24NO/c26-5-1(6(27)14(35)21(42)13(5)34)25(2-7(28)15(36)22(43)16(37)8(2)29,3-9(30)17(38)23(44)18(39)10(3)31)4-11(32)19(40)24(45)20(41)12(4)33;25-23(20-12-5-2-6-13-20)22-16-15-19-11-7-8-14-21(19)24(22)17-18-9-3-1-4-10-18/h;1,3-4,7-11,14-16,20H,2,5-6,12-13,17H2/q-1;+1. The number of ketones is 1. The van der Waals surface area contributed by atoms with Crippen molar-refractivity contribution >= 4 is 44.7 Å². The van der Waals surface area contributed by atoms with Crippen LogP contribution >= 0.6 is 0 Å². The number of Topliss-reactive ketones (excluding diaryl/α,β-unsaturated/α-hetero) is 1. The Hall–Kier alpha value is -6.94. The number of aromatic nitrogens is 1. The highest BCUT2D eigenvalue weighted by molar-refractivity contribution is 7.20. The minimum Gasteiger partial charge on any atom is -0.287 e. The van der Waals surface area contributed by atoms with Crippen molar-refractivity contribution in [1.82, 2.24) is 0 Å². The molecule has 0 spiro atoms. The highest BCUT2D eigenvalue weighted by Gasteiger charge is 2.52. The van der Waals surface area contributed by atoms with Crippen molar-refractivity contribution in [2.24, 2.45) is 5.92 Å². The second-order valence-electron chi connectivity index (χ2n) is 15.8. The molecule has 0 saturated heterocycles. The molecule has 1 aromatic heterocycles. The van der Waals surface area contributed by atoms with E-state index in [1.165, 1.54) is 30.2 Å². The maximum atomic E-state index is 15.4. The van der Waals surface area contributed by atoms with Gasteiger partial charge in [0.05, 0.1) is 0 Å². The smallest absolute Gasteiger partial charge is 0.249 e. The number of carbonyl (C=O) groups is 1. The fraction of sp³-hybridized carbons (Fsp3) is 0.149. The Balaban J connectivity index is 0.000000242. The lowest BCUT2D eigenvalue weighted by molar-refractivity contribution is -0.664. The molecule has 1 aliphatic carbocycles. The first kappa shape index (κ1) is 50.9. The molecule has 366 valence electrons. The zero-order chi connectivity index (χ0) is 51.4. The summed E-state index contributed by atoms with van der Waals surface area (Å²) < 4.78 is 296. The zero-order valence-electron chi connectivity index (χ0n) is 34.7. The van der Waals surface area contributed by atoms with E-state index < -0.39 is 144 Å². The third-order valence-corrected chi connectivity index (χ3v) is 12.1. The number of fused-ring (bicyclic) bond motifs is 1. The third kappa shape index (κ3) is 8.09. The number of halogens is 20. The van der Waals surface area contributed by atoms with Gasteiger partial charge in [-0.3, -0.25) is 4.79 Å². The van der Waals surface area contributed by atoms with Crippen LogP contribution < -0.4 is 26.4 Å². The van der Waals surface area contributed by atoms with Crippen LogP contribution in [0.3, 0.4) is 0 Å². The first-order valence-corrected chi connectivity index (χ1v) is 20.3. The Morgan fingerprint density at radius 1 is 0.386 bits per heavy atom. The van der Waals surface area contributed by atoms with Gasteiger partial charge in [-0.05, 0) is 25.0 Å². The summed E-state index contributed by atoms with van der Waals surface area (Å²) in [4.78, 5) is 13.2. The maximum Gasteiger partial charge on any atom is 0.249 e. The molecule has 23 heteroatoms. The topological polar surface area (TPSA) is 20.9 Å². The summed E-state index contributed by atoms with van der Waals surface area (Å²) in [5.41, 5.74) is -11.1. The van der Waals surface area contributed by atoms with Crippen molar-refractivity contribution in [3.8, 4) is 0 Å². The lowest BCUT2D eigenvalue weighted by Gasteiger charge is -2.44. The molecule has 1 heterocycles. The van der Waals surface area contributed by atoms with E-state index in [-0.39, 0.29) is 5.92 Å². The lowest BCUT2D eigenvalue weighted by Crippen LogP contribution is -2.81. The summed E-state index contributed by atoms with van der Waals surface area (Å²) in [6.45, 7) is 0.732. The number of hydrogen-bond donors (Lipinski definition) is 0. The van der Waals surface area contributed by atoms with Crippen LogP contribution in [-0.2, 0) is 6.54 Å². The molecule has 0 atom stereocenters. The maximum absolute atomic E-state index is 15.4. The van der Waals surface area contributed by atoms with Gasteiger partial charge in [0.15, 0.2) is 76.4 Å². The van der Waals surface area contributed by atoms with Crippen molar-refractivity contribution in [3.63, 3.8) is 0 Å². The molecule has 1 saturated carbocycles. The Morgan fingerprint density at radius 3 is 1.06 bits per heavy atom. The summed E-state index contributed by atoms with van der Waals surface area (Å²) in [7, 11) is 0. The van der Waals surface area contributed by atoms with Crippen LogP contribution in [0.25, 0.3) is 10.9 Å². The summed E-state index contributed by atoms with van der Waals surface area (Å²) in [6, 6.07) is 22.9. The molecular weight excluding hydrogens is 985 g/mol. The van der Waals surface area contributed by atoms with Crippen LogP contribution in [0.5, 0.6) is 0 Å². The highest BCUT2D eigenvalue weighted by Crippen LogP contribution is 2.32. The minimum atomic E-state index is -7.22. The molecule has 0 radical (unpaired) electrons. The molecule has 0 aliphatic heterocycles. The van der Waals surface area contributed by atoms with Crippen molar-refractivity contribution in [1.29, 1.82) is 0 Å². The molecule has 8 rings (SSSR count). The fourth-order valence-electron chi connectivity index (χ4n) is 8.86. The Labute approximate surface area is 380 Å². The fourth-order valence-corrected chi connectivity index (χ4v) is 8.86. The van der Waals surface area contributed by atoms with Gasteiger partial charge in [-0.15, -0.1) is 21.9 Å². The van der Waals surface area contributed by atoms with Gasteiger partial charge < -0.3 is 0 Å². The number of para-hydroxylation sites is 1. The molecular formula is C47H24BF20NO.